The zero-order chi connectivity index (χ0) is 13.5. The van der Waals surface area contributed by atoms with Gasteiger partial charge in [-0.05, 0) is 30.7 Å². The second kappa shape index (κ2) is 6.58. The lowest BCUT2D eigenvalue weighted by atomic mass is 10.3. The molecule has 2 rings (SSSR count). The minimum Gasteiger partial charge on any atom is -0.388 e. The first kappa shape index (κ1) is 13.1. The first-order chi connectivity index (χ1) is 9.31. The molecular formula is C14H19N5. The van der Waals surface area contributed by atoms with Crippen molar-refractivity contribution >= 4 is 23.0 Å². The molecule has 0 spiro atoms. The normalized spacial score (nSPS) is 10.0. The first-order valence-corrected chi connectivity index (χ1v) is 6.42. The maximum absolute atomic E-state index is 4.21. The van der Waals surface area contributed by atoms with Crippen molar-refractivity contribution < 1.29 is 0 Å². The number of hydrogen-bond acceptors (Lipinski definition) is 5. The highest BCUT2D eigenvalue weighted by atomic mass is 15.1. The molecule has 0 saturated carbocycles. The van der Waals surface area contributed by atoms with E-state index >= 15 is 0 Å². The number of benzene rings is 1. The van der Waals surface area contributed by atoms with E-state index in [1.165, 1.54) is 0 Å². The first-order valence-electron chi connectivity index (χ1n) is 6.42. The maximum Gasteiger partial charge on any atom is 0.135 e. The summed E-state index contributed by atoms with van der Waals surface area (Å²) in [7, 11) is 1.90. The average molecular weight is 257 g/mol. The summed E-state index contributed by atoms with van der Waals surface area (Å²) in [5, 5.41) is 9.58. The number of rotatable bonds is 6. The Labute approximate surface area is 113 Å². The van der Waals surface area contributed by atoms with Crippen LogP contribution in [0.15, 0.2) is 36.7 Å². The van der Waals surface area contributed by atoms with Gasteiger partial charge in [0.25, 0.3) is 0 Å². The Bertz CT molecular complexity index is 509. The van der Waals surface area contributed by atoms with Gasteiger partial charge >= 0.3 is 0 Å². The Hall–Kier alpha value is -2.30. The minimum absolute atomic E-state index is 0.783. The SMILES string of the molecule is CCCNc1cc(Nc2ccc(NC)cc2)ncn1. The van der Waals surface area contributed by atoms with Gasteiger partial charge in [0.2, 0.25) is 0 Å². The number of nitrogens with zero attached hydrogens (tertiary/aromatic N) is 2. The standard InChI is InChI=1S/C14H19N5/c1-3-8-16-13-9-14(18-10-17-13)19-12-6-4-11(15-2)5-7-12/h4-7,9-10,15H,3,8H2,1-2H3,(H2,16,17,18,19). The van der Waals surface area contributed by atoms with E-state index in [0.29, 0.717) is 0 Å². The number of anilines is 4. The van der Waals surface area contributed by atoms with Crippen molar-refractivity contribution in [3.63, 3.8) is 0 Å². The second-order valence-electron chi connectivity index (χ2n) is 4.17. The van der Waals surface area contributed by atoms with Crippen LogP contribution in [0, 0.1) is 0 Å². The molecule has 0 bridgehead atoms. The fourth-order valence-electron chi connectivity index (χ4n) is 1.64. The molecule has 19 heavy (non-hydrogen) atoms. The predicted octanol–water partition coefficient (Wildman–Crippen LogP) is 3.08. The van der Waals surface area contributed by atoms with Gasteiger partial charge in [0.15, 0.2) is 0 Å². The van der Waals surface area contributed by atoms with Gasteiger partial charge in [-0.2, -0.15) is 0 Å². The molecule has 0 aliphatic carbocycles. The van der Waals surface area contributed by atoms with Crippen molar-refractivity contribution in [1.82, 2.24) is 9.97 Å². The Morgan fingerprint density at radius 2 is 1.68 bits per heavy atom. The van der Waals surface area contributed by atoms with Gasteiger partial charge in [-0.25, -0.2) is 9.97 Å². The van der Waals surface area contributed by atoms with Crippen LogP contribution in [0.1, 0.15) is 13.3 Å². The van der Waals surface area contributed by atoms with Crippen LogP contribution < -0.4 is 16.0 Å². The molecule has 3 N–H and O–H groups in total. The molecule has 0 aliphatic rings. The summed E-state index contributed by atoms with van der Waals surface area (Å²) in [6.45, 7) is 3.03. The molecule has 100 valence electrons. The van der Waals surface area contributed by atoms with Crippen molar-refractivity contribution in [3.8, 4) is 0 Å². The molecule has 0 unspecified atom stereocenters. The Kier molecular flexibility index (Phi) is 4.55. The fraction of sp³-hybridized carbons (Fsp3) is 0.286. The van der Waals surface area contributed by atoms with E-state index in [1.54, 1.807) is 6.33 Å². The second-order valence-corrected chi connectivity index (χ2v) is 4.17. The number of hydrogen-bond donors (Lipinski definition) is 3. The summed E-state index contributed by atoms with van der Waals surface area (Å²) in [6.07, 6.45) is 2.63. The predicted molar refractivity (Wildman–Crippen MR) is 80.1 cm³/mol. The lowest BCUT2D eigenvalue weighted by Gasteiger charge is -2.08. The van der Waals surface area contributed by atoms with Gasteiger partial charge in [-0.15, -0.1) is 0 Å². The summed E-state index contributed by atoms with van der Waals surface area (Å²) < 4.78 is 0. The van der Waals surface area contributed by atoms with Gasteiger partial charge < -0.3 is 16.0 Å². The van der Waals surface area contributed by atoms with E-state index < -0.39 is 0 Å². The van der Waals surface area contributed by atoms with Gasteiger partial charge in [-0.1, -0.05) is 6.92 Å². The lowest BCUT2D eigenvalue weighted by molar-refractivity contribution is 0.965. The van der Waals surface area contributed by atoms with E-state index in [-0.39, 0.29) is 0 Å². The van der Waals surface area contributed by atoms with E-state index in [9.17, 15) is 0 Å². The average Bonchev–Trinajstić information content (AvgIpc) is 2.46. The molecule has 1 aromatic carbocycles. The molecule has 1 heterocycles. The zero-order valence-electron chi connectivity index (χ0n) is 11.3. The summed E-state index contributed by atoms with van der Waals surface area (Å²) in [6, 6.07) is 9.95. The highest BCUT2D eigenvalue weighted by Crippen LogP contribution is 2.18. The topological polar surface area (TPSA) is 61.9 Å². The van der Waals surface area contributed by atoms with Crippen LogP contribution in [0.3, 0.4) is 0 Å². The van der Waals surface area contributed by atoms with Crippen molar-refractivity contribution in [3.05, 3.63) is 36.7 Å². The molecule has 5 nitrogen and oxygen atoms in total. The Morgan fingerprint density at radius 1 is 1.00 bits per heavy atom. The molecule has 0 fully saturated rings. The van der Waals surface area contributed by atoms with Crippen LogP contribution in [-0.2, 0) is 0 Å². The van der Waals surface area contributed by atoms with Crippen molar-refractivity contribution in [2.75, 3.05) is 29.5 Å². The highest BCUT2D eigenvalue weighted by Gasteiger charge is 1.99. The van der Waals surface area contributed by atoms with Crippen molar-refractivity contribution in [2.45, 2.75) is 13.3 Å². The van der Waals surface area contributed by atoms with Gasteiger partial charge in [0, 0.05) is 31.0 Å². The Morgan fingerprint density at radius 3 is 2.37 bits per heavy atom. The highest BCUT2D eigenvalue weighted by molar-refractivity contribution is 5.61. The number of aromatic nitrogens is 2. The smallest absolute Gasteiger partial charge is 0.135 e. The monoisotopic (exact) mass is 257 g/mol. The van der Waals surface area contributed by atoms with Gasteiger partial charge in [0.1, 0.15) is 18.0 Å². The van der Waals surface area contributed by atoms with Crippen molar-refractivity contribution in [1.29, 1.82) is 0 Å². The molecular weight excluding hydrogens is 238 g/mol. The summed E-state index contributed by atoms with van der Waals surface area (Å²) in [4.78, 5) is 8.38. The minimum atomic E-state index is 0.783. The quantitative estimate of drug-likeness (QED) is 0.742. The van der Waals surface area contributed by atoms with Crippen LogP contribution in [0.4, 0.5) is 23.0 Å². The molecule has 1 aromatic heterocycles. The van der Waals surface area contributed by atoms with Crippen LogP contribution >= 0.6 is 0 Å². The molecule has 0 amide bonds. The third-order valence-corrected chi connectivity index (χ3v) is 2.67. The van der Waals surface area contributed by atoms with E-state index in [0.717, 1.165) is 36.0 Å². The Balaban J connectivity index is 2.05. The molecule has 2 aromatic rings. The van der Waals surface area contributed by atoms with Gasteiger partial charge in [0.05, 0.1) is 0 Å². The molecule has 0 radical (unpaired) electrons. The molecule has 0 aliphatic heterocycles. The largest absolute Gasteiger partial charge is 0.388 e. The van der Waals surface area contributed by atoms with E-state index in [4.69, 9.17) is 0 Å². The number of nitrogens with one attached hydrogen (secondary N) is 3. The van der Waals surface area contributed by atoms with E-state index in [1.807, 2.05) is 37.4 Å². The summed E-state index contributed by atoms with van der Waals surface area (Å²) in [5.41, 5.74) is 2.08. The van der Waals surface area contributed by atoms with Crippen LogP contribution in [0.2, 0.25) is 0 Å². The van der Waals surface area contributed by atoms with Gasteiger partial charge in [-0.3, -0.25) is 0 Å². The summed E-state index contributed by atoms with van der Waals surface area (Å²) >= 11 is 0. The summed E-state index contributed by atoms with van der Waals surface area (Å²) in [5.74, 6) is 1.62. The van der Waals surface area contributed by atoms with Crippen molar-refractivity contribution in [2.24, 2.45) is 0 Å². The third-order valence-electron chi connectivity index (χ3n) is 2.67. The molecule has 5 heteroatoms. The molecule has 0 saturated heterocycles. The fourth-order valence-corrected chi connectivity index (χ4v) is 1.64. The lowest BCUT2D eigenvalue weighted by Crippen LogP contribution is -2.03. The van der Waals surface area contributed by atoms with Crippen LogP contribution in [0.25, 0.3) is 0 Å². The van der Waals surface area contributed by atoms with Crippen LogP contribution in [0.5, 0.6) is 0 Å². The maximum atomic E-state index is 4.21. The van der Waals surface area contributed by atoms with Crippen LogP contribution in [-0.4, -0.2) is 23.6 Å². The van der Waals surface area contributed by atoms with E-state index in [2.05, 4.69) is 32.8 Å². The molecule has 0 atom stereocenters. The third kappa shape index (κ3) is 3.84. The zero-order valence-corrected chi connectivity index (χ0v) is 11.3.